The van der Waals surface area contributed by atoms with Gasteiger partial charge in [-0.3, -0.25) is 0 Å². The van der Waals surface area contributed by atoms with E-state index in [1.54, 1.807) is 0 Å². The Hall–Kier alpha value is -2.05. The zero-order valence-electron chi connectivity index (χ0n) is 7.67. The molecule has 0 bridgehead atoms. The van der Waals surface area contributed by atoms with Gasteiger partial charge in [-0.2, -0.15) is 13.2 Å². The minimum Gasteiger partial charge on any atom is -0.478 e. The van der Waals surface area contributed by atoms with Crippen molar-refractivity contribution >= 4 is 17.0 Å². The normalized spacial score (nSPS) is 11.9. The fourth-order valence-electron chi connectivity index (χ4n) is 1.38. The lowest BCUT2D eigenvalue weighted by molar-refractivity contribution is -0.137. The number of hydrogen-bond acceptors (Lipinski definition) is 2. The number of H-pyrrole nitrogens is 1. The zero-order chi connectivity index (χ0) is 11.9. The molecule has 0 amide bonds. The Bertz CT molecular complexity index is 559. The second kappa shape index (κ2) is 3.22. The number of carbonyl (C=O) groups is 1. The molecule has 16 heavy (non-hydrogen) atoms. The predicted octanol–water partition coefficient (Wildman–Crippen LogP) is 2.28. The van der Waals surface area contributed by atoms with Crippen LogP contribution >= 0.6 is 0 Å². The number of halogens is 3. The van der Waals surface area contributed by atoms with E-state index in [1.807, 2.05) is 0 Å². The van der Waals surface area contributed by atoms with E-state index in [0.717, 1.165) is 12.4 Å². The van der Waals surface area contributed by atoms with E-state index in [0.29, 0.717) is 6.07 Å². The Balaban J connectivity index is 2.76. The number of hydrogen-bond donors (Lipinski definition) is 2. The molecule has 84 valence electrons. The topological polar surface area (TPSA) is 66.0 Å². The first-order chi connectivity index (χ1) is 7.39. The molecule has 0 spiro atoms. The fraction of sp³-hybridized carbons (Fsp3) is 0.111. The summed E-state index contributed by atoms with van der Waals surface area (Å²) < 4.78 is 37.3. The van der Waals surface area contributed by atoms with Crippen LogP contribution in [0.2, 0.25) is 0 Å². The number of carboxylic acid groups (broad SMARTS) is 1. The number of fused-ring (bicyclic) bond motifs is 1. The van der Waals surface area contributed by atoms with E-state index in [-0.39, 0.29) is 11.0 Å². The highest BCUT2D eigenvalue weighted by Crippen LogP contribution is 2.32. The van der Waals surface area contributed by atoms with E-state index >= 15 is 0 Å². The Labute approximate surface area is 86.7 Å². The molecule has 0 fully saturated rings. The van der Waals surface area contributed by atoms with Crippen LogP contribution in [0.25, 0.3) is 11.0 Å². The number of benzene rings is 1. The second-order valence-corrected chi connectivity index (χ2v) is 3.12. The average Bonchev–Trinajstić information content (AvgIpc) is 2.61. The Kier molecular flexibility index (Phi) is 2.11. The van der Waals surface area contributed by atoms with Crippen molar-refractivity contribution in [3.05, 3.63) is 29.6 Å². The number of nitrogens with one attached hydrogen (secondary N) is 1. The summed E-state index contributed by atoms with van der Waals surface area (Å²) in [6.45, 7) is 0. The molecular formula is C9H5F3N2O2. The molecule has 0 atom stereocenters. The highest BCUT2D eigenvalue weighted by Gasteiger charge is 2.32. The molecule has 0 aliphatic rings. The van der Waals surface area contributed by atoms with E-state index in [9.17, 15) is 18.0 Å². The largest absolute Gasteiger partial charge is 0.478 e. The summed E-state index contributed by atoms with van der Waals surface area (Å²) in [7, 11) is 0. The van der Waals surface area contributed by atoms with E-state index < -0.39 is 23.3 Å². The van der Waals surface area contributed by atoms with Crippen molar-refractivity contribution in [1.29, 1.82) is 0 Å². The van der Waals surface area contributed by atoms with Gasteiger partial charge in [-0.1, -0.05) is 0 Å². The standard InChI is InChI=1S/C9H5F3N2O2/c10-9(11,12)4-1-5(8(15)16)7-6(2-4)13-3-14-7/h1-3H,(H,13,14)(H,15,16). The average molecular weight is 230 g/mol. The molecule has 7 heteroatoms. The van der Waals surface area contributed by atoms with Crippen LogP contribution in [0.5, 0.6) is 0 Å². The summed E-state index contributed by atoms with van der Waals surface area (Å²) in [5, 5.41) is 8.78. The van der Waals surface area contributed by atoms with Gasteiger partial charge in [-0.15, -0.1) is 0 Å². The minimum atomic E-state index is -4.59. The number of aromatic amines is 1. The molecule has 2 N–H and O–H groups in total. The molecule has 2 rings (SSSR count). The van der Waals surface area contributed by atoms with Gasteiger partial charge in [0.25, 0.3) is 0 Å². The SMILES string of the molecule is O=C(O)c1cc(C(F)(F)F)cc2nc[nH]c12. The maximum atomic E-state index is 12.4. The van der Waals surface area contributed by atoms with Crippen LogP contribution in [-0.2, 0) is 6.18 Å². The third-order valence-electron chi connectivity index (χ3n) is 2.09. The summed E-state index contributed by atoms with van der Waals surface area (Å²) >= 11 is 0. The van der Waals surface area contributed by atoms with Crippen LogP contribution in [0.15, 0.2) is 18.5 Å². The molecule has 4 nitrogen and oxygen atoms in total. The second-order valence-electron chi connectivity index (χ2n) is 3.12. The zero-order valence-corrected chi connectivity index (χ0v) is 7.67. The van der Waals surface area contributed by atoms with E-state index in [4.69, 9.17) is 5.11 Å². The van der Waals surface area contributed by atoms with Crippen LogP contribution < -0.4 is 0 Å². The monoisotopic (exact) mass is 230 g/mol. The van der Waals surface area contributed by atoms with Crippen LogP contribution in [-0.4, -0.2) is 21.0 Å². The smallest absolute Gasteiger partial charge is 0.416 e. The maximum absolute atomic E-state index is 12.4. The summed E-state index contributed by atoms with van der Waals surface area (Å²) in [6, 6.07) is 1.39. The van der Waals surface area contributed by atoms with Gasteiger partial charge in [0.15, 0.2) is 0 Å². The number of aromatic nitrogens is 2. The van der Waals surface area contributed by atoms with Crippen molar-refractivity contribution in [1.82, 2.24) is 9.97 Å². The number of carboxylic acids is 1. The van der Waals surface area contributed by atoms with Crippen molar-refractivity contribution < 1.29 is 23.1 Å². The van der Waals surface area contributed by atoms with Gasteiger partial charge in [0, 0.05) is 0 Å². The van der Waals surface area contributed by atoms with Gasteiger partial charge < -0.3 is 10.1 Å². The predicted molar refractivity (Wildman–Crippen MR) is 48.1 cm³/mol. The minimum absolute atomic E-state index is 0.0211. The molecular weight excluding hydrogens is 225 g/mol. The molecule has 0 saturated carbocycles. The van der Waals surface area contributed by atoms with Gasteiger partial charge >= 0.3 is 12.1 Å². The number of aromatic carboxylic acids is 1. The molecule has 1 aromatic carbocycles. The highest BCUT2D eigenvalue weighted by atomic mass is 19.4. The lowest BCUT2D eigenvalue weighted by Gasteiger charge is -2.07. The van der Waals surface area contributed by atoms with Crippen LogP contribution in [0.3, 0.4) is 0 Å². The number of nitrogens with zero attached hydrogens (tertiary/aromatic N) is 1. The molecule has 0 unspecified atom stereocenters. The van der Waals surface area contributed by atoms with Gasteiger partial charge in [0.05, 0.1) is 28.5 Å². The molecule has 1 aromatic heterocycles. The summed E-state index contributed by atoms with van der Waals surface area (Å²) in [5.41, 5.74) is -1.40. The summed E-state index contributed by atoms with van der Waals surface area (Å²) in [6.07, 6.45) is -3.44. The molecule has 0 aliphatic carbocycles. The first kappa shape index (κ1) is 10.5. The van der Waals surface area contributed by atoms with E-state index in [2.05, 4.69) is 9.97 Å². The first-order valence-corrected chi connectivity index (χ1v) is 4.17. The number of alkyl halides is 3. The molecule has 0 saturated heterocycles. The van der Waals surface area contributed by atoms with Crippen molar-refractivity contribution in [2.75, 3.05) is 0 Å². The number of rotatable bonds is 1. The van der Waals surface area contributed by atoms with Gasteiger partial charge in [0.2, 0.25) is 0 Å². The van der Waals surface area contributed by atoms with Crippen molar-refractivity contribution in [2.45, 2.75) is 6.18 Å². The van der Waals surface area contributed by atoms with Crippen LogP contribution in [0, 0.1) is 0 Å². The van der Waals surface area contributed by atoms with Crippen molar-refractivity contribution in [3.8, 4) is 0 Å². The van der Waals surface area contributed by atoms with Crippen LogP contribution in [0.1, 0.15) is 15.9 Å². The van der Waals surface area contributed by atoms with Crippen LogP contribution in [0.4, 0.5) is 13.2 Å². The first-order valence-electron chi connectivity index (χ1n) is 4.17. The van der Waals surface area contributed by atoms with Crippen molar-refractivity contribution in [2.24, 2.45) is 0 Å². The maximum Gasteiger partial charge on any atom is 0.416 e. The Morgan fingerprint density at radius 3 is 2.62 bits per heavy atom. The molecule has 1 heterocycles. The van der Waals surface area contributed by atoms with E-state index in [1.165, 1.54) is 0 Å². The van der Waals surface area contributed by atoms with Crippen molar-refractivity contribution in [3.63, 3.8) is 0 Å². The third kappa shape index (κ3) is 1.60. The van der Waals surface area contributed by atoms with Gasteiger partial charge in [-0.05, 0) is 12.1 Å². The molecule has 2 aromatic rings. The highest BCUT2D eigenvalue weighted by molar-refractivity contribution is 6.01. The quantitative estimate of drug-likeness (QED) is 0.789. The third-order valence-corrected chi connectivity index (χ3v) is 2.09. The van der Waals surface area contributed by atoms with Gasteiger partial charge in [-0.25, -0.2) is 9.78 Å². The lowest BCUT2D eigenvalue weighted by atomic mass is 10.1. The summed E-state index contributed by atoms with van der Waals surface area (Å²) in [4.78, 5) is 16.9. The Morgan fingerprint density at radius 2 is 2.06 bits per heavy atom. The summed E-state index contributed by atoms with van der Waals surface area (Å²) in [5.74, 6) is -1.43. The Morgan fingerprint density at radius 1 is 1.38 bits per heavy atom. The molecule has 0 aliphatic heterocycles. The number of imidazole rings is 1. The molecule has 0 radical (unpaired) electrons. The lowest BCUT2D eigenvalue weighted by Crippen LogP contribution is -2.08. The van der Waals surface area contributed by atoms with Gasteiger partial charge in [0.1, 0.15) is 0 Å². The fourth-order valence-corrected chi connectivity index (χ4v) is 1.38.